The van der Waals surface area contributed by atoms with Gasteiger partial charge in [-0.2, -0.15) is 0 Å². The second-order valence-corrected chi connectivity index (χ2v) is 6.94. The first-order valence-corrected chi connectivity index (χ1v) is 9.92. The van der Waals surface area contributed by atoms with Gasteiger partial charge in [0.05, 0.1) is 7.11 Å². The molecule has 1 heterocycles. The van der Waals surface area contributed by atoms with E-state index in [4.69, 9.17) is 9.47 Å². The van der Waals surface area contributed by atoms with Crippen LogP contribution in [-0.4, -0.2) is 30.2 Å². The molecule has 0 aliphatic carbocycles. The van der Waals surface area contributed by atoms with Crippen molar-refractivity contribution in [2.24, 2.45) is 0 Å². The van der Waals surface area contributed by atoms with Crippen molar-refractivity contribution < 1.29 is 14.3 Å². The second-order valence-electron chi connectivity index (χ2n) is 6.05. The molecule has 0 N–H and O–H groups in total. The number of rotatable bonds is 6. The van der Waals surface area contributed by atoms with Crippen molar-refractivity contribution in [3.8, 4) is 5.75 Å². The van der Waals surface area contributed by atoms with Crippen molar-refractivity contribution in [2.75, 3.05) is 23.0 Å². The van der Waals surface area contributed by atoms with Gasteiger partial charge in [0.2, 0.25) is 0 Å². The molecule has 25 heavy (non-hydrogen) atoms. The number of anilines is 1. The number of hydrogen-bond donors (Lipinski definition) is 0. The van der Waals surface area contributed by atoms with E-state index in [1.165, 1.54) is 0 Å². The fraction of sp³-hybridized carbons (Fsp3) is 0.350. The summed E-state index contributed by atoms with van der Waals surface area (Å²) in [4.78, 5) is 15.2. The number of hydrogen-bond acceptors (Lipinski definition) is 4. The fourth-order valence-corrected chi connectivity index (χ4v) is 4.04. The van der Waals surface area contributed by atoms with E-state index in [0.29, 0.717) is 13.0 Å². The lowest BCUT2D eigenvalue weighted by Crippen LogP contribution is -2.50. The second kappa shape index (κ2) is 7.64. The molecule has 1 saturated heterocycles. The predicted octanol–water partition coefficient (Wildman–Crippen LogP) is 4.17. The lowest BCUT2D eigenvalue weighted by molar-refractivity contribution is -0.145. The highest BCUT2D eigenvalue weighted by Gasteiger charge is 2.54. The van der Waals surface area contributed by atoms with Crippen LogP contribution >= 0.6 is 22.6 Å². The summed E-state index contributed by atoms with van der Waals surface area (Å²) in [6, 6.07) is 17.8. The molecule has 4 nitrogen and oxygen atoms in total. The summed E-state index contributed by atoms with van der Waals surface area (Å²) in [5, 5.41) is 0. The topological polar surface area (TPSA) is 38.8 Å². The first-order chi connectivity index (χ1) is 12.2. The van der Waals surface area contributed by atoms with E-state index in [1.807, 2.05) is 54.6 Å². The van der Waals surface area contributed by atoms with Crippen molar-refractivity contribution in [3.05, 3.63) is 60.2 Å². The molecule has 2 atom stereocenters. The number of likely N-dealkylation sites (N-methyl/N-ethyl adjacent to an activating group) is 1. The van der Waals surface area contributed by atoms with E-state index in [2.05, 4.69) is 34.4 Å². The number of carbonyl (C=O) groups excluding carboxylic acids is 1. The van der Waals surface area contributed by atoms with Gasteiger partial charge in [-0.25, -0.2) is 4.79 Å². The summed E-state index contributed by atoms with van der Waals surface area (Å²) in [6.07, 6.45) is 0.583. The zero-order valence-corrected chi connectivity index (χ0v) is 16.6. The lowest BCUT2D eigenvalue weighted by Gasteiger charge is -2.39. The summed E-state index contributed by atoms with van der Waals surface area (Å²) in [5.74, 6) is 0.630. The highest BCUT2D eigenvalue weighted by molar-refractivity contribution is 14.1. The molecule has 2 aromatic carbocycles. The number of nitrogens with zero attached hydrogens (tertiary/aromatic N) is 1. The molecule has 3 rings (SSSR count). The van der Waals surface area contributed by atoms with Gasteiger partial charge in [0.15, 0.2) is 5.54 Å². The van der Waals surface area contributed by atoms with Crippen molar-refractivity contribution in [2.45, 2.75) is 25.0 Å². The molecule has 1 aliphatic rings. The van der Waals surface area contributed by atoms with Crippen LogP contribution in [0.4, 0.5) is 5.69 Å². The molecule has 0 radical (unpaired) electrons. The maximum atomic E-state index is 13.1. The van der Waals surface area contributed by atoms with Crippen molar-refractivity contribution >= 4 is 34.2 Å². The molecule has 1 aliphatic heterocycles. The number of cyclic esters (lactones) is 1. The minimum atomic E-state index is -0.791. The van der Waals surface area contributed by atoms with Crippen LogP contribution in [0, 0.1) is 0 Å². The summed E-state index contributed by atoms with van der Waals surface area (Å²) in [6.45, 7) is 2.77. The van der Waals surface area contributed by atoms with E-state index in [9.17, 15) is 4.79 Å². The number of carbonyl (C=O) groups is 1. The lowest BCUT2D eigenvalue weighted by atomic mass is 9.84. The third-order valence-electron chi connectivity index (χ3n) is 4.72. The Morgan fingerprint density at radius 1 is 1.20 bits per heavy atom. The molecule has 0 spiro atoms. The van der Waals surface area contributed by atoms with Crippen LogP contribution in [0.3, 0.4) is 0 Å². The van der Waals surface area contributed by atoms with Crippen molar-refractivity contribution in [1.29, 1.82) is 0 Å². The zero-order valence-electron chi connectivity index (χ0n) is 14.4. The molecule has 0 amide bonds. The predicted molar refractivity (Wildman–Crippen MR) is 108 cm³/mol. The zero-order chi connectivity index (χ0) is 17.9. The molecular formula is C20H22INO3. The largest absolute Gasteiger partial charge is 0.497 e. The first-order valence-electron chi connectivity index (χ1n) is 8.40. The van der Waals surface area contributed by atoms with Gasteiger partial charge in [-0.3, -0.25) is 0 Å². The van der Waals surface area contributed by atoms with Gasteiger partial charge in [0, 0.05) is 23.1 Å². The van der Waals surface area contributed by atoms with Gasteiger partial charge in [-0.05, 0) is 36.8 Å². The van der Waals surface area contributed by atoms with E-state index in [-0.39, 0.29) is 12.1 Å². The fourth-order valence-electron chi connectivity index (χ4n) is 3.55. The molecule has 2 aromatic rings. The minimum Gasteiger partial charge on any atom is -0.497 e. The number of benzene rings is 2. The Hall–Kier alpha value is -1.76. The Labute approximate surface area is 162 Å². The van der Waals surface area contributed by atoms with Crippen LogP contribution in [0.1, 0.15) is 18.9 Å². The Kier molecular flexibility index (Phi) is 5.51. The third kappa shape index (κ3) is 3.21. The number of ether oxygens (including phenoxy) is 2. The maximum absolute atomic E-state index is 13.1. The number of esters is 1. The van der Waals surface area contributed by atoms with E-state index in [0.717, 1.165) is 21.4 Å². The van der Waals surface area contributed by atoms with Gasteiger partial charge in [0.25, 0.3) is 0 Å². The Morgan fingerprint density at radius 3 is 2.40 bits per heavy atom. The summed E-state index contributed by atoms with van der Waals surface area (Å²) in [7, 11) is 1.65. The number of alkyl halides is 1. The Balaban J connectivity index is 2.11. The van der Waals surface area contributed by atoms with E-state index >= 15 is 0 Å². The first kappa shape index (κ1) is 18.0. The molecule has 0 saturated carbocycles. The van der Waals surface area contributed by atoms with Crippen LogP contribution in [0.2, 0.25) is 0 Å². The Morgan fingerprint density at radius 2 is 1.88 bits per heavy atom. The van der Waals surface area contributed by atoms with Gasteiger partial charge in [-0.1, -0.05) is 52.9 Å². The minimum absolute atomic E-state index is 0.0689. The van der Waals surface area contributed by atoms with E-state index < -0.39 is 5.54 Å². The normalized spacial score (nSPS) is 22.5. The Bertz CT molecular complexity index is 719. The van der Waals surface area contributed by atoms with Crippen LogP contribution in [0.5, 0.6) is 5.75 Å². The average Bonchev–Trinajstić information content (AvgIpc) is 3.01. The molecule has 1 fully saturated rings. The van der Waals surface area contributed by atoms with Crippen molar-refractivity contribution in [1.82, 2.24) is 0 Å². The number of methoxy groups -OCH3 is 1. The standard InChI is InChI=1S/C20H22INO3/c1-3-22(16-9-11-17(24-2)12-10-16)20(15-7-5-4-6-8-15)13-18(14-21)25-19(20)23/h4-12,18H,3,13-14H2,1-2H3. The van der Waals surface area contributed by atoms with Gasteiger partial charge < -0.3 is 14.4 Å². The van der Waals surface area contributed by atoms with E-state index in [1.54, 1.807) is 7.11 Å². The maximum Gasteiger partial charge on any atom is 0.337 e. The molecule has 2 unspecified atom stereocenters. The number of halogens is 1. The summed E-state index contributed by atoms with van der Waals surface area (Å²) in [5.41, 5.74) is 1.17. The monoisotopic (exact) mass is 451 g/mol. The molecule has 0 aromatic heterocycles. The molecule has 132 valence electrons. The van der Waals surface area contributed by atoms with Gasteiger partial charge in [-0.15, -0.1) is 0 Å². The SMILES string of the molecule is CCN(c1ccc(OC)cc1)C1(c2ccccc2)CC(CI)OC1=O. The molecule has 0 bridgehead atoms. The van der Waals surface area contributed by atoms with Gasteiger partial charge >= 0.3 is 5.97 Å². The summed E-state index contributed by atoms with van der Waals surface area (Å²) < 4.78 is 11.8. The van der Waals surface area contributed by atoms with Crippen molar-refractivity contribution in [3.63, 3.8) is 0 Å². The molecule has 5 heteroatoms. The highest BCUT2D eigenvalue weighted by atomic mass is 127. The summed E-state index contributed by atoms with van der Waals surface area (Å²) >= 11 is 2.28. The van der Waals surface area contributed by atoms with Crippen LogP contribution in [-0.2, 0) is 15.1 Å². The van der Waals surface area contributed by atoms with Gasteiger partial charge in [0.1, 0.15) is 11.9 Å². The van der Waals surface area contributed by atoms with Crippen LogP contribution < -0.4 is 9.64 Å². The van der Waals surface area contributed by atoms with Crippen LogP contribution in [0.15, 0.2) is 54.6 Å². The smallest absolute Gasteiger partial charge is 0.337 e. The highest BCUT2D eigenvalue weighted by Crippen LogP contribution is 2.43. The molecular weight excluding hydrogens is 429 g/mol. The van der Waals surface area contributed by atoms with Crippen LogP contribution in [0.25, 0.3) is 0 Å². The average molecular weight is 451 g/mol. The third-order valence-corrected chi connectivity index (χ3v) is 5.70. The quantitative estimate of drug-likeness (QED) is 0.376.